The van der Waals surface area contributed by atoms with Crippen molar-refractivity contribution in [3.05, 3.63) is 0 Å². The SMILES string of the molecule is OC1NCNCN1. The van der Waals surface area contributed by atoms with Gasteiger partial charge in [0.25, 0.3) is 0 Å². The summed E-state index contributed by atoms with van der Waals surface area (Å²) in [5.74, 6) is 0. The van der Waals surface area contributed by atoms with Gasteiger partial charge in [-0.1, -0.05) is 0 Å². The molecule has 0 radical (unpaired) electrons. The van der Waals surface area contributed by atoms with Gasteiger partial charge in [-0.2, -0.15) is 0 Å². The van der Waals surface area contributed by atoms with E-state index in [-0.39, 0.29) is 0 Å². The van der Waals surface area contributed by atoms with Crippen molar-refractivity contribution < 1.29 is 5.11 Å². The van der Waals surface area contributed by atoms with Gasteiger partial charge in [-0.3, -0.25) is 16.0 Å². The Morgan fingerprint density at radius 2 is 1.86 bits per heavy atom. The molecule has 0 aliphatic carbocycles. The molecule has 0 aromatic carbocycles. The van der Waals surface area contributed by atoms with Crippen molar-refractivity contribution >= 4 is 0 Å². The molecule has 0 aromatic heterocycles. The molecule has 0 spiro atoms. The van der Waals surface area contributed by atoms with Crippen LogP contribution in [0.2, 0.25) is 0 Å². The van der Waals surface area contributed by atoms with Crippen molar-refractivity contribution in [1.82, 2.24) is 16.0 Å². The second kappa shape index (κ2) is 2.23. The Labute approximate surface area is 41.9 Å². The fourth-order valence-electron chi connectivity index (χ4n) is 0.472. The van der Waals surface area contributed by atoms with Gasteiger partial charge in [-0.25, -0.2) is 0 Å². The molecule has 0 atom stereocenters. The Kier molecular flexibility index (Phi) is 1.59. The zero-order valence-corrected chi connectivity index (χ0v) is 3.94. The van der Waals surface area contributed by atoms with Crippen LogP contribution in [0, 0.1) is 0 Å². The Hall–Kier alpha value is -0.160. The monoisotopic (exact) mass is 103 g/mol. The third-order valence-electron chi connectivity index (χ3n) is 0.841. The lowest BCUT2D eigenvalue weighted by Gasteiger charge is -2.20. The van der Waals surface area contributed by atoms with Gasteiger partial charge in [0.05, 0.1) is 0 Å². The number of rotatable bonds is 0. The highest BCUT2D eigenvalue weighted by Gasteiger charge is 2.03. The van der Waals surface area contributed by atoms with Crippen molar-refractivity contribution in [2.45, 2.75) is 6.35 Å². The average Bonchev–Trinajstić information content (AvgIpc) is 1.69. The molecule has 0 amide bonds. The van der Waals surface area contributed by atoms with Gasteiger partial charge in [-0.15, -0.1) is 0 Å². The van der Waals surface area contributed by atoms with Gasteiger partial charge in [0, 0.05) is 13.3 Å². The van der Waals surface area contributed by atoms with Gasteiger partial charge in [0.1, 0.15) is 0 Å². The maximum absolute atomic E-state index is 8.65. The Balaban J connectivity index is 2.12. The van der Waals surface area contributed by atoms with Gasteiger partial charge in [0.2, 0.25) is 0 Å². The molecule has 0 unspecified atom stereocenters. The summed E-state index contributed by atoms with van der Waals surface area (Å²) >= 11 is 0. The van der Waals surface area contributed by atoms with Crippen LogP contribution in [0.4, 0.5) is 0 Å². The molecule has 1 aliphatic rings. The highest BCUT2D eigenvalue weighted by molar-refractivity contribution is 4.54. The molecule has 4 heteroatoms. The van der Waals surface area contributed by atoms with Gasteiger partial charge < -0.3 is 5.11 Å². The summed E-state index contributed by atoms with van der Waals surface area (Å²) in [6, 6.07) is 0. The smallest absolute Gasteiger partial charge is 0.162 e. The summed E-state index contributed by atoms with van der Waals surface area (Å²) in [5, 5.41) is 17.0. The minimum absolute atomic E-state index is 0.527. The van der Waals surface area contributed by atoms with E-state index in [2.05, 4.69) is 16.0 Å². The first kappa shape index (κ1) is 4.99. The minimum atomic E-state index is -0.527. The molecule has 1 aliphatic heterocycles. The van der Waals surface area contributed by atoms with E-state index in [1.807, 2.05) is 0 Å². The molecule has 0 saturated carbocycles. The normalized spacial score (nSPS) is 25.3. The molecular weight excluding hydrogens is 94.1 g/mol. The van der Waals surface area contributed by atoms with Gasteiger partial charge >= 0.3 is 0 Å². The van der Waals surface area contributed by atoms with Crippen molar-refractivity contribution in [2.24, 2.45) is 0 Å². The maximum atomic E-state index is 8.65. The Morgan fingerprint density at radius 1 is 1.29 bits per heavy atom. The summed E-state index contributed by atoms with van der Waals surface area (Å²) < 4.78 is 0. The maximum Gasteiger partial charge on any atom is 0.162 e. The highest BCUT2D eigenvalue weighted by atomic mass is 16.3. The van der Waals surface area contributed by atoms with E-state index in [9.17, 15) is 0 Å². The predicted octanol–water partition coefficient (Wildman–Crippen LogP) is -2.04. The standard InChI is InChI=1S/C3H9N3O/c7-3-5-1-4-2-6-3/h3-7H,1-2H2. The van der Waals surface area contributed by atoms with Gasteiger partial charge in [0.15, 0.2) is 6.35 Å². The fourth-order valence-corrected chi connectivity index (χ4v) is 0.472. The lowest BCUT2D eigenvalue weighted by molar-refractivity contribution is 0.0768. The first-order chi connectivity index (χ1) is 3.39. The number of nitrogens with one attached hydrogen (secondary N) is 3. The zero-order chi connectivity index (χ0) is 5.11. The molecule has 1 rings (SSSR count). The van der Waals surface area contributed by atoms with Crippen LogP contribution >= 0.6 is 0 Å². The molecule has 4 N–H and O–H groups in total. The second-order valence-corrected chi connectivity index (χ2v) is 1.41. The number of hydrogen-bond acceptors (Lipinski definition) is 4. The largest absolute Gasteiger partial charge is 0.365 e. The summed E-state index contributed by atoms with van der Waals surface area (Å²) in [6.07, 6.45) is -0.527. The molecule has 7 heavy (non-hydrogen) atoms. The van der Waals surface area contributed by atoms with E-state index in [1.54, 1.807) is 0 Å². The quantitative estimate of drug-likeness (QED) is 0.285. The van der Waals surface area contributed by atoms with Crippen molar-refractivity contribution in [3.63, 3.8) is 0 Å². The Bertz CT molecular complexity index is 52.1. The minimum Gasteiger partial charge on any atom is -0.365 e. The van der Waals surface area contributed by atoms with Crippen LogP contribution in [0.15, 0.2) is 0 Å². The summed E-state index contributed by atoms with van der Waals surface area (Å²) in [4.78, 5) is 0. The van der Waals surface area contributed by atoms with Crippen LogP contribution in [0.3, 0.4) is 0 Å². The van der Waals surface area contributed by atoms with E-state index in [4.69, 9.17) is 5.11 Å². The first-order valence-corrected chi connectivity index (χ1v) is 2.25. The molecule has 1 heterocycles. The Morgan fingerprint density at radius 3 is 2.14 bits per heavy atom. The molecule has 0 aromatic rings. The predicted molar refractivity (Wildman–Crippen MR) is 25.1 cm³/mol. The lowest BCUT2D eigenvalue weighted by Crippen LogP contribution is -2.55. The van der Waals surface area contributed by atoms with Crippen LogP contribution < -0.4 is 16.0 Å². The topological polar surface area (TPSA) is 56.3 Å². The number of aliphatic hydroxyl groups excluding tert-OH is 1. The first-order valence-electron chi connectivity index (χ1n) is 2.25. The molecule has 1 fully saturated rings. The van der Waals surface area contributed by atoms with Gasteiger partial charge in [-0.05, 0) is 0 Å². The van der Waals surface area contributed by atoms with Crippen LogP contribution in [-0.4, -0.2) is 24.8 Å². The van der Waals surface area contributed by atoms with E-state index in [0.29, 0.717) is 13.3 Å². The van der Waals surface area contributed by atoms with E-state index < -0.39 is 6.35 Å². The van der Waals surface area contributed by atoms with E-state index in [0.717, 1.165) is 0 Å². The van der Waals surface area contributed by atoms with Crippen LogP contribution in [-0.2, 0) is 0 Å². The summed E-state index contributed by atoms with van der Waals surface area (Å²) in [5.41, 5.74) is 0. The summed E-state index contributed by atoms with van der Waals surface area (Å²) in [6.45, 7) is 1.35. The molecular formula is C3H9N3O. The third kappa shape index (κ3) is 1.40. The fraction of sp³-hybridized carbons (Fsp3) is 1.00. The lowest BCUT2D eigenvalue weighted by atomic mass is 10.7. The average molecular weight is 103 g/mol. The second-order valence-electron chi connectivity index (χ2n) is 1.41. The highest BCUT2D eigenvalue weighted by Crippen LogP contribution is 1.69. The molecule has 1 saturated heterocycles. The van der Waals surface area contributed by atoms with E-state index in [1.165, 1.54) is 0 Å². The van der Waals surface area contributed by atoms with Crippen molar-refractivity contribution in [3.8, 4) is 0 Å². The van der Waals surface area contributed by atoms with Crippen LogP contribution in [0.25, 0.3) is 0 Å². The molecule has 4 nitrogen and oxygen atoms in total. The van der Waals surface area contributed by atoms with Crippen molar-refractivity contribution in [1.29, 1.82) is 0 Å². The third-order valence-corrected chi connectivity index (χ3v) is 0.841. The zero-order valence-electron chi connectivity index (χ0n) is 3.94. The number of hydrogen-bond donors (Lipinski definition) is 4. The number of aliphatic hydroxyl groups is 1. The molecule has 42 valence electrons. The molecule has 0 bridgehead atoms. The van der Waals surface area contributed by atoms with Crippen LogP contribution in [0.5, 0.6) is 0 Å². The van der Waals surface area contributed by atoms with E-state index >= 15 is 0 Å². The van der Waals surface area contributed by atoms with Crippen LogP contribution in [0.1, 0.15) is 0 Å². The van der Waals surface area contributed by atoms with Crippen molar-refractivity contribution in [2.75, 3.05) is 13.3 Å². The summed E-state index contributed by atoms with van der Waals surface area (Å²) in [7, 11) is 0.